The van der Waals surface area contributed by atoms with Crippen molar-refractivity contribution in [3.8, 4) is 0 Å². The average molecular weight is 300 g/mol. The summed E-state index contributed by atoms with van der Waals surface area (Å²) in [5, 5.41) is 0. The van der Waals surface area contributed by atoms with Crippen LogP contribution in [0.15, 0.2) is 36.0 Å². The number of rotatable bonds is 2. The molecule has 0 bridgehead atoms. The fourth-order valence-electron chi connectivity index (χ4n) is 0.905. The number of esters is 1. The van der Waals surface area contributed by atoms with E-state index >= 15 is 0 Å². The fourth-order valence-corrected chi connectivity index (χ4v) is 0.905. The van der Waals surface area contributed by atoms with Crippen molar-refractivity contribution in [3.63, 3.8) is 0 Å². The number of hydrogen-bond donors (Lipinski definition) is 0. The van der Waals surface area contributed by atoms with Gasteiger partial charge in [0.25, 0.3) is 0 Å². The van der Waals surface area contributed by atoms with Crippen LogP contribution in [0.25, 0.3) is 0 Å². The zero-order chi connectivity index (χ0) is 14.8. The molecule has 0 heterocycles. The standard InChI is InChI=1S/C10H12O2.3CO.Cr/c1-9(11)12-8-10-6-4-2-3-5-7-10;3*1-2;/h2,4-7H,3,8H2,1H3;;;;. The third kappa shape index (κ3) is 22.2. The van der Waals surface area contributed by atoms with Gasteiger partial charge in [-0.3, -0.25) is 4.79 Å². The summed E-state index contributed by atoms with van der Waals surface area (Å²) >= 11 is 0. The van der Waals surface area contributed by atoms with E-state index in [1.165, 1.54) is 6.92 Å². The minimum Gasteiger partial charge on any atom is 0 e. The second-order valence-corrected chi connectivity index (χ2v) is 2.59. The van der Waals surface area contributed by atoms with Crippen molar-refractivity contribution in [3.05, 3.63) is 55.9 Å². The molecule has 0 aliphatic heterocycles. The van der Waals surface area contributed by atoms with Crippen LogP contribution in [0.2, 0.25) is 0 Å². The molecule has 5 nitrogen and oxygen atoms in total. The Kier molecular flexibility index (Phi) is 34.8. The van der Waals surface area contributed by atoms with Crippen LogP contribution in [0.1, 0.15) is 13.3 Å². The Balaban J connectivity index is -0.000000142. The number of hydrogen-bond acceptors (Lipinski definition) is 2. The minimum atomic E-state index is -0.238. The molecule has 1 rings (SSSR count). The van der Waals surface area contributed by atoms with E-state index in [1.54, 1.807) is 0 Å². The predicted octanol–water partition coefficient (Wildman–Crippen LogP) is 1.88. The maximum absolute atomic E-state index is 10.5. The normalized spacial score (nSPS) is 9.95. The number of carbonyl (C=O) groups excluding carboxylic acids is 1. The van der Waals surface area contributed by atoms with Gasteiger partial charge in [0.05, 0.1) is 0 Å². The van der Waals surface area contributed by atoms with Gasteiger partial charge in [-0.1, -0.05) is 30.4 Å². The van der Waals surface area contributed by atoms with Crippen LogP contribution in [-0.2, 0) is 40.8 Å². The summed E-state index contributed by atoms with van der Waals surface area (Å²) in [4.78, 5) is 10.5. The summed E-state index contributed by atoms with van der Waals surface area (Å²) in [7, 11) is 0. The molecule has 0 spiro atoms. The van der Waals surface area contributed by atoms with Gasteiger partial charge >= 0.3 is 39.9 Å². The summed E-state index contributed by atoms with van der Waals surface area (Å²) < 4.78 is 27.3. The predicted molar refractivity (Wildman–Crippen MR) is 59.4 cm³/mol. The number of allylic oxidation sites excluding steroid dienone is 4. The molecule has 0 aromatic rings. The van der Waals surface area contributed by atoms with E-state index in [2.05, 4.69) is 26.0 Å². The van der Waals surface area contributed by atoms with E-state index in [1.807, 2.05) is 24.3 Å². The van der Waals surface area contributed by atoms with E-state index in [0.29, 0.717) is 6.61 Å². The Morgan fingerprint density at radius 3 is 2.21 bits per heavy atom. The minimum absolute atomic E-state index is 0. The molecule has 1 aliphatic carbocycles. The van der Waals surface area contributed by atoms with Crippen molar-refractivity contribution in [1.29, 1.82) is 0 Å². The Bertz CT molecular complexity index is 347. The first-order valence-electron chi connectivity index (χ1n) is 4.56. The monoisotopic (exact) mass is 300 g/mol. The largest absolute Gasteiger partial charge is 0 e. The Hall–Kier alpha value is -1.56. The topological polar surface area (TPSA) is 86.0 Å². The van der Waals surface area contributed by atoms with Crippen LogP contribution in [0.4, 0.5) is 0 Å². The van der Waals surface area contributed by atoms with Gasteiger partial charge in [-0.15, -0.1) is 0 Å². The summed E-state index contributed by atoms with van der Waals surface area (Å²) in [6, 6.07) is 0. The molecular formula is C13H12CrO5. The Morgan fingerprint density at radius 2 is 1.74 bits per heavy atom. The smallest absolute Gasteiger partial charge is 0 e. The fraction of sp³-hybridized carbons (Fsp3) is 0.231. The Labute approximate surface area is 123 Å². The first-order chi connectivity index (χ1) is 8.79. The first-order valence-corrected chi connectivity index (χ1v) is 4.56. The second kappa shape index (κ2) is 25.3. The van der Waals surface area contributed by atoms with Crippen molar-refractivity contribution in [2.24, 2.45) is 0 Å². The third-order valence-electron chi connectivity index (χ3n) is 1.49. The summed E-state index contributed by atoms with van der Waals surface area (Å²) in [5.41, 5.74) is 1.03. The van der Waals surface area contributed by atoms with Crippen molar-refractivity contribution < 1.29 is 40.8 Å². The first kappa shape index (κ1) is 26.1. The molecule has 0 amide bonds. The van der Waals surface area contributed by atoms with E-state index < -0.39 is 0 Å². The van der Waals surface area contributed by atoms with Gasteiger partial charge in [0.15, 0.2) is 0 Å². The van der Waals surface area contributed by atoms with E-state index in [9.17, 15) is 4.79 Å². The molecule has 0 saturated heterocycles. The number of ether oxygens (including phenoxy) is 1. The summed E-state index contributed by atoms with van der Waals surface area (Å²) in [6.45, 7) is 15.3. The van der Waals surface area contributed by atoms with Gasteiger partial charge in [-0.25, -0.2) is 0 Å². The van der Waals surface area contributed by atoms with Crippen LogP contribution < -0.4 is 0 Å². The SMILES string of the molecule is CC(=O)OCC1=CC=CCC=C1.[C-]#[O+].[C-]#[O+].[C-]#[O+].[Cr]. The molecule has 100 valence electrons. The zero-order valence-corrected chi connectivity index (χ0v) is 11.5. The maximum atomic E-state index is 10.5. The average Bonchev–Trinajstić information content (AvgIpc) is 2.72. The molecule has 0 aromatic carbocycles. The molecule has 0 unspecified atom stereocenters. The quantitative estimate of drug-likeness (QED) is 0.443. The van der Waals surface area contributed by atoms with Crippen molar-refractivity contribution in [1.82, 2.24) is 0 Å². The van der Waals surface area contributed by atoms with Gasteiger partial charge in [-0.2, -0.15) is 0 Å². The van der Waals surface area contributed by atoms with Crippen LogP contribution in [0.5, 0.6) is 0 Å². The van der Waals surface area contributed by atoms with Crippen LogP contribution in [-0.4, -0.2) is 12.6 Å². The third-order valence-corrected chi connectivity index (χ3v) is 1.49. The maximum Gasteiger partial charge on any atom is 0 e. The van der Waals surface area contributed by atoms with Crippen LogP contribution in [0.3, 0.4) is 0 Å². The molecule has 0 saturated carbocycles. The number of carbonyl (C=O) groups is 1. The van der Waals surface area contributed by atoms with Crippen LogP contribution in [0, 0.1) is 20.0 Å². The molecule has 6 heteroatoms. The molecule has 0 aromatic heterocycles. The molecule has 19 heavy (non-hydrogen) atoms. The van der Waals surface area contributed by atoms with Gasteiger partial charge in [0.1, 0.15) is 6.61 Å². The summed E-state index contributed by atoms with van der Waals surface area (Å²) in [6.07, 6.45) is 10.9. The van der Waals surface area contributed by atoms with Crippen LogP contribution >= 0.6 is 0 Å². The molecule has 0 fully saturated rings. The molecule has 0 atom stereocenters. The van der Waals surface area contributed by atoms with Crippen molar-refractivity contribution in [2.75, 3.05) is 6.61 Å². The van der Waals surface area contributed by atoms with Crippen molar-refractivity contribution >= 4 is 5.97 Å². The van der Waals surface area contributed by atoms with Gasteiger partial charge in [0, 0.05) is 24.3 Å². The van der Waals surface area contributed by atoms with Gasteiger partial charge in [0.2, 0.25) is 0 Å². The van der Waals surface area contributed by atoms with Crippen molar-refractivity contribution in [2.45, 2.75) is 13.3 Å². The molecule has 0 radical (unpaired) electrons. The van der Waals surface area contributed by atoms with E-state index in [0.717, 1.165) is 12.0 Å². The van der Waals surface area contributed by atoms with Gasteiger partial charge in [-0.05, 0) is 12.0 Å². The Morgan fingerprint density at radius 1 is 1.21 bits per heavy atom. The van der Waals surface area contributed by atoms with E-state index in [-0.39, 0.29) is 23.3 Å². The van der Waals surface area contributed by atoms with Gasteiger partial charge < -0.3 is 4.74 Å². The summed E-state index contributed by atoms with van der Waals surface area (Å²) in [5.74, 6) is -0.238. The molecule has 1 aliphatic rings. The second-order valence-electron chi connectivity index (χ2n) is 2.59. The molecule has 0 N–H and O–H groups in total. The van der Waals surface area contributed by atoms with E-state index in [4.69, 9.17) is 18.7 Å². The zero-order valence-electron chi connectivity index (χ0n) is 10.3. The molecular weight excluding hydrogens is 288 g/mol.